The van der Waals surface area contributed by atoms with Crippen molar-refractivity contribution in [2.24, 2.45) is 0 Å². The number of ether oxygens (including phenoxy) is 2. The molecule has 1 rings (SSSR count). The maximum Gasteiger partial charge on any atom is 0.410 e. The zero-order valence-electron chi connectivity index (χ0n) is 15.5. The molecule has 0 aliphatic carbocycles. The molecule has 1 atom stereocenters. The Hall–Kier alpha value is -2.14. The van der Waals surface area contributed by atoms with Crippen LogP contribution in [0.3, 0.4) is 0 Å². The zero-order chi connectivity index (χ0) is 20.6. The summed E-state index contributed by atoms with van der Waals surface area (Å²) in [7, 11) is 5.59. The van der Waals surface area contributed by atoms with E-state index in [1.165, 1.54) is 47.9 Å². The molecule has 11 heteroatoms. The van der Waals surface area contributed by atoms with Crippen molar-refractivity contribution in [1.82, 2.24) is 4.90 Å². The van der Waals surface area contributed by atoms with Gasteiger partial charge in [0.15, 0.2) is 0 Å². The second-order valence-corrected chi connectivity index (χ2v) is 8.21. The summed E-state index contributed by atoms with van der Waals surface area (Å²) in [5.74, 6) is 0.278. The number of methoxy groups -OCH3 is 1. The minimum Gasteiger partial charge on any atom is -0.496 e. The SMILES string of the molecule is CCSSC[C@@H](C(=O)O)N(C)C(=O)OCc1cc(OC)c(C)cc1[N+](=O)[O-]. The average molecular weight is 418 g/mol. The molecule has 0 radical (unpaired) electrons. The predicted molar refractivity (Wildman–Crippen MR) is 104 cm³/mol. The van der Waals surface area contributed by atoms with Gasteiger partial charge in [0.25, 0.3) is 5.69 Å². The van der Waals surface area contributed by atoms with E-state index in [-0.39, 0.29) is 23.6 Å². The highest BCUT2D eigenvalue weighted by atomic mass is 33.1. The number of carbonyl (C=O) groups is 2. The standard InChI is InChI=1S/C16H22N2O7S2/c1-5-26-27-9-13(15(19)20)17(3)16(21)25-8-11-7-14(24-4)10(2)6-12(11)18(22)23/h6-7,13H,5,8-9H2,1-4H3,(H,19,20)/t13-/m0/s1. The lowest BCUT2D eigenvalue weighted by Crippen LogP contribution is -2.44. The minimum atomic E-state index is -1.15. The molecule has 9 nitrogen and oxygen atoms in total. The quantitative estimate of drug-likeness (QED) is 0.264. The Morgan fingerprint density at radius 3 is 2.56 bits per heavy atom. The number of hydrogen-bond donors (Lipinski definition) is 1. The second-order valence-electron chi connectivity index (χ2n) is 5.42. The summed E-state index contributed by atoms with van der Waals surface area (Å²) in [6.45, 7) is 3.23. The Bertz CT molecular complexity index is 700. The number of nitrogens with zero attached hydrogens (tertiary/aromatic N) is 2. The summed E-state index contributed by atoms with van der Waals surface area (Å²) < 4.78 is 10.2. The summed E-state index contributed by atoms with van der Waals surface area (Å²) in [4.78, 5) is 35.3. The van der Waals surface area contributed by atoms with Crippen molar-refractivity contribution in [3.63, 3.8) is 0 Å². The van der Waals surface area contributed by atoms with Crippen LogP contribution in [0.25, 0.3) is 0 Å². The Morgan fingerprint density at radius 1 is 1.37 bits per heavy atom. The normalized spacial score (nSPS) is 11.6. The van der Waals surface area contributed by atoms with Gasteiger partial charge in [-0.25, -0.2) is 9.59 Å². The van der Waals surface area contributed by atoms with Gasteiger partial charge in [-0.15, -0.1) is 0 Å². The first kappa shape index (κ1) is 22.9. The first-order chi connectivity index (χ1) is 12.7. The van der Waals surface area contributed by atoms with Crippen LogP contribution >= 0.6 is 21.6 Å². The molecule has 1 N–H and O–H groups in total. The molecule has 0 spiro atoms. The van der Waals surface area contributed by atoms with Gasteiger partial charge in [-0.1, -0.05) is 28.5 Å². The Labute approximate surface area is 164 Å². The van der Waals surface area contributed by atoms with Gasteiger partial charge in [-0.3, -0.25) is 15.0 Å². The lowest BCUT2D eigenvalue weighted by molar-refractivity contribution is -0.385. The van der Waals surface area contributed by atoms with Crippen LogP contribution in [0.4, 0.5) is 10.5 Å². The third-order valence-electron chi connectivity index (χ3n) is 3.61. The van der Waals surface area contributed by atoms with E-state index >= 15 is 0 Å². The first-order valence-corrected chi connectivity index (χ1v) is 10.4. The van der Waals surface area contributed by atoms with E-state index in [1.54, 1.807) is 6.92 Å². The smallest absolute Gasteiger partial charge is 0.410 e. The molecule has 0 heterocycles. The van der Waals surface area contributed by atoms with E-state index in [9.17, 15) is 24.8 Å². The maximum atomic E-state index is 12.2. The van der Waals surface area contributed by atoms with Crippen molar-refractivity contribution in [2.75, 3.05) is 25.7 Å². The lowest BCUT2D eigenvalue weighted by atomic mass is 10.1. The summed E-state index contributed by atoms with van der Waals surface area (Å²) in [5.41, 5.74) is 0.535. The zero-order valence-corrected chi connectivity index (χ0v) is 17.1. The van der Waals surface area contributed by atoms with Gasteiger partial charge in [0.05, 0.1) is 17.6 Å². The number of carbonyl (C=O) groups excluding carboxylic acids is 1. The maximum absolute atomic E-state index is 12.2. The topological polar surface area (TPSA) is 119 Å². The van der Waals surface area contributed by atoms with Crippen molar-refractivity contribution < 1.29 is 29.1 Å². The number of likely N-dealkylation sites (N-methyl/N-ethyl adjacent to an activating group) is 1. The number of carboxylic acids is 1. The molecule has 0 fully saturated rings. The van der Waals surface area contributed by atoms with Gasteiger partial charge in [-0.05, 0) is 18.6 Å². The number of aryl methyl sites for hydroxylation is 1. The number of carboxylic acid groups (broad SMARTS) is 1. The van der Waals surface area contributed by atoms with Crippen molar-refractivity contribution in [2.45, 2.75) is 26.5 Å². The molecule has 0 bridgehead atoms. The Morgan fingerprint density at radius 2 is 2.04 bits per heavy atom. The summed E-state index contributed by atoms with van der Waals surface area (Å²) >= 11 is 0. The number of amides is 1. The van der Waals surface area contributed by atoms with Crippen LogP contribution in [0.5, 0.6) is 5.75 Å². The number of hydrogen-bond acceptors (Lipinski definition) is 8. The fraction of sp³-hybridized carbons (Fsp3) is 0.500. The van der Waals surface area contributed by atoms with E-state index in [2.05, 4.69) is 0 Å². The van der Waals surface area contributed by atoms with E-state index in [0.717, 1.165) is 10.7 Å². The van der Waals surface area contributed by atoms with Crippen LogP contribution in [-0.4, -0.2) is 58.7 Å². The van der Waals surface area contributed by atoms with E-state index in [0.29, 0.717) is 11.3 Å². The number of benzene rings is 1. The molecule has 150 valence electrons. The number of nitro benzene ring substituents is 1. The van der Waals surface area contributed by atoms with Crippen molar-refractivity contribution in [3.05, 3.63) is 33.4 Å². The summed E-state index contributed by atoms with van der Waals surface area (Å²) in [6.07, 6.45) is -0.877. The van der Waals surface area contributed by atoms with Gasteiger partial charge in [-0.2, -0.15) is 0 Å². The predicted octanol–water partition coefficient (Wildman–Crippen LogP) is 3.33. The highest BCUT2D eigenvalue weighted by molar-refractivity contribution is 8.76. The molecule has 0 saturated heterocycles. The molecule has 0 saturated carbocycles. The lowest BCUT2D eigenvalue weighted by Gasteiger charge is -2.23. The molecule has 1 aromatic carbocycles. The molecule has 0 unspecified atom stereocenters. The van der Waals surface area contributed by atoms with Crippen molar-refractivity contribution in [1.29, 1.82) is 0 Å². The van der Waals surface area contributed by atoms with Crippen LogP contribution in [0.1, 0.15) is 18.1 Å². The fourth-order valence-corrected chi connectivity index (χ4v) is 4.07. The van der Waals surface area contributed by atoms with Crippen molar-refractivity contribution in [3.8, 4) is 5.75 Å². The van der Waals surface area contributed by atoms with Gasteiger partial charge in [0, 0.05) is 24.6 Å². The van der Waals surface area contributed by atoms with Gasteiger partial charge in [0.1, 0.15) is 18.4 Å². The monoisotopic (exact) mass is 418 g/mol. The van der Waals surface area contributed by atoms with Gasteiger partial charge < -0.3 is 14.6 Å². The number of nitro groups is 1. The fourth-order valence-electron chi connectivity index (χ4n) is 2.13. The van der Waals surface area contributed by atoms with Crippen LogP contribution < -0.4 is 4.74 Å². The van der Waals surface area contributed by atoms with Crippen molar-refractivity contribution >= 4 is 39.3 Å². The number of aliphatic carboxylic acids is 1. The van der Waals surface area contributed by atoms with Gasteiger partial charge >= 0.3 is 12.1 Å². The minimum absolute atomic E-state index is 0.159. The molecular weight excluding hydrogens is 396 g/mol. The number of rotatable bonds is 10. The largest absolute Gasteiger partial charge is 0.496 e. The molecule has 27 heavy (non-hydrogen) atoms. The molecule has 1 amide bonds. The summed E-state index contributed by atoms with van der Waals surface area (Å²) in [6, 6.07) is 1.71. The molecule has 0 aliphatic rings. The molecule has 1 aromatic rings. The Kier molecular flexibility index (Phi) is 9.22. The van der Waals surface area contributed by atoms with Crippen LogP contribution in [0.2, 0.25) is 0 Å². The molecule has 0 aromatic heterocycles. The van der Waals surface area contributed by atoms with Crippen LogP contribution in [0, 0.1) is 17.0 Å². The molecule has 0 aliphatic heterocycles. The summed E-state index contributed by atoms with van der Waals surface area (Å²) in [5, 5.41) is 20.5. The second kappa shape index (κ2) is 10.9. The van der Waals surface area contributed by atoms with E-state index in [1.807, 2.05) is 6.92 Å². The first-order valence-electron chi connectivity index (χ1n) is 7.91. The third kappa shape index (κ3) is 6.51. The Balaban J connectivity index is 2.88. The van der Waals surface area contributed by atoms with Gasteiger partial charge in [0.2, 0.25) is 0 Å². The highest BCUT2D eigenvalue weighted by Gasteiger charge is 2.28. The van der Waals surface area contributed by atoms with Crippen LogP contribution in [0.15, 0.2) is 12.1 Å². The average Bonchev–Trinajstić information content (AvgIpc) is 2.62. The van der Waals surface area contributed by atoms with Crippen LogP contribution in [-0.2, 0) is 16.1 Å². The highest BCUT2D eigenvalue weighted by Crippen LogP contribution is 2.29. The van der Waals surface area contributed by atoms with E-state index < -0.39 is 23.0 Å². The van der Waals surface area contributed by atoms with E-state index in [4.69, 9.17) is 9.47 Å². The molecular formula is C16H22N2O7S2. The third-order valence-corrected chi connectivity index (χ3v) is 6.08.